The van der Waals surface area contributed by atoms with E-state index in [0.29, 0.717) is 5.92 Å². The Hall–Kier alpha value is -0.850. The molecule has 2 nitrogen and oxygen atoms in total. The summed E-state index contributed by atoms with van der Waals surface area (Å²) in [6.07, 6.45) is 3.73. The second kappa shape index (κ2) is 4.59. The van der Waals surface area contributed by atoms with Gasteiger partial charge in [-0.3, -0.25) is 5.32 Å². The van der Waals surface area contributed by atoms with E-state index in [-0.39, 0.29) is 6.04 Å². The fraction of sp³-hybridized carbons (Fsp3) is 0.545. The van der Waals surface area contributed by atoms with E-state index in [1.165, 1.54) is 24.1 Å². The number of nitrogens with zero attached hydrogens (tertiary/aromatic N) is 1. The van der Waals surface area contributed by atoms with Crippen LogP contribution in [0.15, 0.2) is 17.5 Å². The number of nitrogens with one attached hydrogen (secondary N) is 1. The summed E-state index contributed by atoms with van der Waals surface area (Å²) < 4.78 is 0. The Bertz CT molecular complexity index is 309. The van der Waals surface area contributed by atoms with Crippen molar-refractivity contribution in [2.75, 3.05) is 0 Å². The molecule has 0 amide bonds. The van der Waals surface area contributed by atoms with Crippen molar-refractivity contribution in [2.24, 2.45) is 5.92 Å². The first-order valence-electron chi connectivity index (χ1n) is 5.05. The van der Waals surface area contributed by atoms with Crippen LogP contribution in [0.2, 0.25) is 0 Å². The molecule has 1 heterocycles. The van der Waals surface area contributed by atoms with Crippen LogP contribution < -0.4 is 5.32 Å². The van der Waals surface area contributed by atoms with Gasteiger partial charge in [0.05, 0.1) is 12.1 Å². The molecule has 1 N–H and O–H groups in total. The SMILES string of the molecule is N#CC(NCc1cccs1)C1CCC1. The molecule has 1 unspecified atom stereocenters. The lowest BCUT2D eigenvalue weighted by Gasteiger charge is -2.29. The van der Waals surface area contributed by atoms with Gasteiger partial charge in [0.15, 0.2) is 0 Å². The minimum Gasteiger partial charge on any atom is -0.297 e. The van der Waals surface area contributed by atoms with E-state index in [0.717, 1.165) is 6.54 Å². The Morgan fingerprint density at radius 1 is 1.64 bits per heavy atom. The van der Waals surface area contributed by atoms with Crippen molar-refractivity contribution in [2.45, 2.75) is 31.8 Å². The van der Waals surface area contributed by atoms with Gasteiger partial charge in [-0.15, -0.1) is 11.3 Å². The van der Waals surface area contributed by atoms with Crippen molar-refractivity contribution in [3.05, 3.63) is 22.4 Å². The van der Waals surface area contributed by atoms with Crippen LogP contribution in [-0.4, -0.2) is 6.04 Å². The normalized spacial score (nSPS) is 18.5. The summed E-state index contributed by atoms with van der Waals surface area (Å²) in [5.41, 5.74) is 0. The zero-order valence-electron chi connectivity index (χ0n) is 8.07. The van der Waals surface area contributed by atoms with Crippen LogP contribution >= 0.6 is 11.3 Å². The van der Waals surface area contributed by atoms with Gasteiger partial charge in [-0.2, -0.15) is 5.26 Å². The van der Waals surface area contributed by atoms with Gasteiger partial charge >= 0.3 is 0 Å². The lowest BCUT2D eigenvalue weighted by molar-refractivity contribution is 0.263. The summed E-state index contributed by atoms with van der Waals surface area (Å²) in [6.45, 7) is 0.840. The second-order valence-electron chi connectivity index (χ2n) is 3.76. The van der Waals surface area contributed by atoms with E-state index in [4.69, 9.17) is 5.26 Å². The average molecular weight is 206 g/mol. The van der Waals surface area contributed by atoms with Crippen molar-refractivity contribution in [1.82, 2.24) is 5.32 Å². The number of thiophene rings is 1. The first kappa shape index (κ1) is 9.70. The Balaban J connectivity index is 1.81. The van der Waals surface area contributed by atoms with Gasteiger partial charge in [-0.1, -0.05) is 12.5 Å². The predicted molar refractivity (Wildman–Crippen MR) is 57.9 cm³/mol. The van der Waals surface area contributed by atoms with Crippen LogP contribution in [0.3, 0.4) is 0 Å². The van der Waals surface area contributed by atoms with Gasteiger partial charge in [0.1, 0.15) is 0 Å². The molecule has 0 radical (unpaired) electrons. The highest BCUT2D eigenvalue weighted by molar-refractivity contribution is 7.09. The molecule has 0 aromatic carbocycles. The number of nitriles is 1. The summed E-state index contributed by atoms with van der Waals surface area (Å²) >= 11 is 1.74. The van der Waals surface area contributed by atoms with Gasteiger partial charge in [0.25, 0.3) is 0 Å². The second-order valence-corrected chi connectivity index (χ2v) is 4.79. The van der Waals surface area contributed by atoms with Gasteiger partial charge < -0.3 is 0 Å². The van der Waals surface area contributed by atoms with Crippen LogP contribution in [0.1, 0.15) is 24.1 Å². The highest BCUT2D eigenvalue weighted by Gasteiger charge is 2.26. The third kappa shape index (κ3) is 2.14. The number of hydrogen-bond donors (Lipinski definition) is 1. The molecule has 0 saturated heterocycles. The van der Waals surface area contributed by atoms with Crippen LogP contribution in [0, 0.1) is 17.2 Å². The molecule has 1 atom stereocenters. The van der Waals surface area contributed by atoms with Crippen molar-refractivity contribution >= 4 is 11.3 Å². The van der Waals surface area contributed by atoms with Crippen molar-refractivity contribution in [3.63, 3.8) is 0 Å². The Morgan fingerprint density at radius 3 is 3.00 bits per heavy atom. The zero-order chi connectivity index (χ0) is 9.80. The molecule has 0 bridgehead atoms. The fourth-order valence-electron chi connectivity index (χ4n) is 1.71. The molecule has 0 aliphatic heterocycles. The lowest BCUT2D eigenvalue weighted by Crippen LogP contribution is -2.37. The average Bonchev–Trinajstić information content (AvgIpc) is 2.61. The third-order valence-corrected chi connectivity index (χ3v) is 3.71. The molecule has 1 aromatic rings. The van der Waals surface area contributed by atoms with Crippen molar-refractivity contribution < 1.29 is 0 Å². The summed E-state index contributed by atoms with van der Waals surface area (Å²) in [5, 5.41) is 14.4. The molecule has 2 rings (SSSR count). The standard InChI is InChI=1S/C11H14N2S/c12-7-11(9-3-1-4-9)13-8-10-5-2-6-14-10/h2,5-6,9,11,13H,1,3-4,8H2. The Kier molecular flexibility index (Phi) is 3.18. The predicted octanol–water partition coefficient (Wildman–Crippen LogP) is 2.53. The largest absolute Gasteiger partial charge is 0.297 e. The molecule has 0 spiro atoms. The molecule has 74 valence electrons. The zero-order valence-corrected chi connectivity index (χ0v) is 8.89. The first-order valence-corrected chi connectivity index (χ1v) is 5.93. The Labute approximate surface area is 88.6 Å². The van der Waals surface area contributed by atoms with Crippen molar-refractivity contribution in [3.8, 4) is 6.07 Å². The minimum absolute atomic E-state index is 0.0610. The molecule has 1 saturated carbocycles. The summed E-state index contributed by atoms with van der Waals surface area (Å²) in [4.78, 5) is 1.31. The number of rotatable bonds is 4. The van der Waals surface area contributed by atoms with E-state index in [1.54, 1.807) is 11.3 Å². The van der Waals surface area contributed by atoms with Gasteiger partial charge in [0, 0.05) is 11.4 Å². The van der Waals surface area contributed by atoms with Gasteiger partial charge in [-0.25, -0.2) is 0 Å². The monoisotopic (exact) mass is 206 g/mol. The van der Waals surface area contributed by atoms with Crippen molar-refractivity contribution in [1.29, 1.82) is 5.26 Å². The smallest absolute Gasteiger partial charge is 0.0984 e. The molecule has 3 heteroatoms. The lowest BCUT2D eigenvalue weighted by atomic mass is 9.80. The van der Waals surface area contributed by atoms with Gasteiger partial charge in [0.2, 0.25) is 0 Å². The summed E-state index contributed by atoms with van der Waals surface area (Å²) in [6, 6.07) is 6.57. The van der Waals surface area contributed by atoms with Gasteiger partial charge in [-0.05, 0) is 30.2 Å². The van der Waals surface area contributed by atoms with E-state index < -0.39 is 0 Å². The van der Waals surface area contributed by atoms with E-state index in [2.05, 4.69) is 22.8 Å². The van der Waals surface area contributed by atoms with Crippen LogP contribution in [-0.2, 0) is 6.54 Å². The fourth-order valence-corrected chi connectivity index (χ4v) is 2.37. The Morgan fingerprint density at radius 2 is 2.50 bits per heavy atom. The van der Waals surface area contributed by atoms with E-state index >= 15 is 0 Å². The molecule has 1 fully saturated rings. The van der Waals surface area contributed by atoms with Crippen LogP contribution in [0.4, 0.5) is 0 Å². The van der Waals surface area contributed by atoms with E-state index in [9.17, 15) is 0 Å². The highest BCUT2D eigenvalue weighted by atomic mass is 32.1. The topological polar surface area (TPSA) is 35.8 Å². The maximum atomic E-state index is 8.98. The molecule has 14 heavy (non-hydrogen) atoms. The minimum atomic E-state index is 0.0610. The molecule has 1 aliphatic carbocycles. The van der Waals surface area contributed by atoms with Crippen LogP contribution in [0.25, 0.3) is 0 Å². The quantitative estimate of drug-likeness (QED) is 0.821. The summed E-state index contributed by atoms with van der Waals surface area (Å²) in [5.74, 6) is 0.597. The molecular formula is C11H14N2S. The molecule has 1 aromatic heterocycles. The number of hydrogen-bond acceptors (Lipinski definition) is 3. The summed E-state index contributed by atoms with van der Waals surface area (Å²) in [7, 11) is 0. The first-order chi connectivity index (χ1) is 6.90. The molecule has 1 aliphatic rings. The maximum Gasteiger partial charge on any atom is 0.0984 e. The van der Waals surface area contributed by atoms with E-state index in [1.807, 2.05) is 6.07 Å². The molecular weight excluding hydrogens is 192 g/mol. The van der Waals surface area contributed by atoms with Crippen LogP contribution in [0.5, 0.6) is 0 Å². The third-order valence-electron chi connectivity index (χ3n) is 2.84. The maximum absolute atomic E-state index is 8.98. The highest BCUT2D eigenvalue weighted by Crippen LogP contribution is 2.29.